The van der Waals surface area contributed by atoms with Crippen molar-refractivity contribution in [2.75, 3.05) is 6.54 Å². The van der Waals surface area contributed by atoms with Crippen molar-refractivity contribution in [3.63, 3.8) is 0 Å². The predicted molar refractivity (Wildman–Crippen MR) is 80.9 cm³/mol. The van der Waals surface area contributed by atoms with Gasteiger partial charge in [0.15, 0.2) is 11.6 Å². The summed E-state index contributed by atoms with van der Waals surface area (Å²) in [5.74, 6) is 1.64. The van der Waals surface area contributed by atoms with Crippen molar-refractivity contribution in [3.05, 3.63) is 35.1 Å². The van der Waals surface area contributed by atoms with Crippen LogP contribution < -0.4 is 0 Å². The van der Waals surface area contributed by atoms with Crippen LogP contribution in [-0.2, 0) is 11.3 Å². The van der Waals surface area contributed by atoms with Crippen molar-refractivity contribution in [3.8, 4) is 11.4 Å². The Morgan fingerprint density at radius 2 is 2.19 bits per heavy atom. The first kappa shape index (κ1) is 14.1. The molecule has 3 rings (SSSR count). The summed E-state index contributed by atoms with van der Waals surface area (Å²) < 4.78 is 1.92. The van der Waals surface area contributed by atoms with Gasteiger partial charge in [0.05, 0.1) is 6.54 Å². The molecular formula is C15H17ClN4O. The van der Waals surface area contributed by atoms with E-state index in [4.69, 9.17) is 11.6 Å². The highest BCUT2D eigenvalue weighted by Crippen LogP contribution is 2.29. The zero-order chi connectivity index (χ0) is 15.0. The minimum atomic E-state index is -0.288. The van der Waals surface area contributed by atoms with Gasteiger partial charge in [-0.15, -0.1) is 10.2 Å². The van der Waals surface area contributed by atoms with E-state index in [0.717, 1.165) is 24.4 Å². The first-order valence-electron chi connectivity index (χ1n) is 7.10. The summed E-state index contributed by atoms with van der Waals surface area (Å²) >= 11 is 6.04. The summed E-state index contributed by atoms with van der Waals surface area (Å²) in [6.07, 6.45) is 0.938. The number of amides is 1. The fourth-order valence-corrected chi connectivity index (χ4v) is 2.94. The van der Waals surface area contributed by atoms with Gasteiger partial charge in [-0.05, 0) is 25.5 Å². The van der Waals surface area contributed by atoms with Gasteiger partial charge in [0.2, 0.25) is 5.91 Å². The lowest BCUT2D eigenvalue weighted by molar-refractivity contribution is -0.136. The molecule has 110 valence electrons. The van der Waals surface area contributed by atoms with Crippen LogP contribution in [0.1, 0.15) is 32.1 Å². The molecule has 5 nitrogen and oxygen atoms in total. The van der Waals surface area contributed by atoms with Crippen molar-refractivity contribution < 1.29 is 4.79 Å². The fourth-order valence-electron chi connectivity index (χ4n) is 2.75. The van der Waals surface area contributed by atoms with Gasteiger partial charge in [-0.3, -0.25) is 9.36 Å². The van der Waals surface area contributed by atoms with Crippen molar-refractivity contribution >= 4 is 17.5 Å². The Morgan fingerprint density at radius 3 is 2.90 bits per heavy atom. The lowest BCUT2D eigenvalue weighted by atomic mass is 10.1. The third kappa shape index (κ3) is 2.42. The standard InChI is InChI=1S/C15H17ClN4O/c1-3-7-19-9-13-17-18-14(20(13)10(2)15(19)21)11-5-4-6-12(16)8-11/h4-6,8,10H,3,7,9H2,1-2H3/t10-/m0/s1. The van der Waals surface area contributed by atoms with Gasteiger partial charge in [0, 0.05) is 17.1 Å². The number of fused-ring (bicyclic) bond motifs is 1. The summed E-state index contributed by atoms with van der Waals surface area (Å²) in [7, 11) is 0. The molecule has 2 aromatic rings. The van der Waals surface area contributed by atoms with Crippen LogP contribution >= 0.6 is 11.6 Å². The minimum absolute atomic E-state index is 0.118. The lowest BCUT2D eigenvalue weighted by Gasteiger charge is -2.31. The third-order valence-electron chi connectivity index (χ3n) is 3.73. The second kappa shape index (κ2) is 5.48. The highest BCUT2D eigenvalue weighted by molar-refractivity contribution is 6.30. The van der Waals surface area contributed by atoms with Gasteiger partial charge >= 0.3 is 0 Å². The zero-order valence-corrected chi connectivity index (χ0v) is 12.8. The van der Waals surface area contributed by atoms with Crippen molar-refractivity contribution in [1.29, 1.82) is 0 Å². The molecule has 0 saturated heterocycles. The van der Waals surface area contributed by atoms with Crippen LogP contribution in [0.3, 0.4) is 0 Å². The molecule has 21 heavy (non-hydrogen) atoms. The van der Waals surface area contributed by atoms with Crippen LogP contribution in [-0.4, -0.2) is 32.1 Å². The van der Waals surface area contributed by atoms with Gasteiger partial charge in [0.1, 0.15) is 6.04 Å². The molecule has 1 aliphatic rings. The molecule has 0 bridgehead atoms. The molecule has 0 N–H and O–H groups in total. The first-order valence-corrected chi connectivity index (χ1v) is 7.48. The molecule has 0 radical (unpaired) electrons. The van der Waals surface area contributed by atoms with Gasteiger partial charge < -0.3 is 4.90 Å². The van der Waals surface area contributed by atoms with Gasteiger partial charge in [-0.1, -0.05) is 30.7 Å². The average molecular weight is 305 g/mol. The monoisotopic (exact) mass is 304 g/mol. The molecule has 1 amide bonds. The first-order chi connectivity index (χ1) is 10.1. The normalized spacial score (nSPS) is 18.0. The smallest absolute Gasteiger partial charge is 0.245 e. The highest BCUT2D eigenvalue weighted by atomic mass is 35.5. The maximum absolute atomic E-state index is 12.4. The summed E-state index contributed by atoms with van der Waals surface area (Å²) in [6.45, 7) is 5.23. The van der Waals surface area contributed by atoms with Crippen LogP contribution in [0.2, 0.25) is 5.02 Å². The summed E-state index contributed by atoms with van der Waals surface area (Å²) in [5, 5.41) is 9.17. The molecular weight excluding hydrogens is 288 g/mol. The Labute approximate surface area is 128 Å². The van der Waals surface area contributed by atoms with E-state index >= 15 is 0 Å². The molecule has 0 unspecified atom stereocenters. The number of nitrogens with zero attached hydrogens (tertiary/aromatic N) is 4. The summed E-state index contributed by atoms with van der Waals surface area (Å²) in [6, 6.07) is 7.17. The number of hydrogen-bond acceptors (Lipinski definition) is 3. The van der Waals surface area contributed by atoms with Crippen molar-refractivity contribution in [1.82, 2.24) is 19.7 Å². The Morgan fingerprint density at radius 1 is 1.38 bits per heavy atom. The maximum atomic E-state index is 12.4. The van der Waals surface area contributed by atoms with E-state index in [9.17, 15) is 4.79 Å². The van der Waals surface area contributed by atoms with E-state index in [0.29, 0.717) is 17.4 Å². The quantitative estimate of drug-likeness (QED) is 0.876. The Kier molecular flexibility index (Phi) is 3.68. The van der Waals surface area contributed by atoms with E-state index in [1.165, 1.54) is 0 Å². The third-order valence-corrected chi connectivity index (χ3v) is 3.97. The second-order valence-electron chi connectivity index (χ2n) is 5.26. The zero-order valence-electron chi connectivity index (χ0n) is 12.1. The predicted octanol–water partition coefficient (Wildman–Crippen LogP) is 2.91. The Bertz CT molecular complexity index is 682. The number of benzene rings is 1. The number of aromatic nitrogens is 3. The van der Waals surface area contributed by atoms with Crippen molar-refractivity contribution in [2.45, 2.75) is 32.9 Å². The van der Waals surface area contributed by atoms with Gasteiger partial charge in [-0.2, -0.15) is 0 Å². The largest absolute Gasteiger partial charge is 0.333 e. The topological polar surface area (TPSA) is 51.0 Å². The second-order valence-corrected chi connectivity index (χ2v) is 5.69. The molecule has 1 aromatic carbocycles. The van der Waals surface area contributed by atoms with Crippen LogP contribution in [0.25, 0.3) is 11.4 Å². The molecule has 0 aliphatic carbocycles. The number of carbonyl (C=O) groups excluding carboxylic acids is 1. The Hall–Kier alpha value is -1.88. The van der Waals surface area contributed by atoms with Crippen LogP contribution in [0.4, 0.5) is 0 Å². The van der Waals surface area contributed by atoms with Crippen LogP contribution in [0.5, 0.6) is 0 Å². The number of carbonyl (C=O) groups is 1. The van der Waals surface area contributed by atoms with E-state index in [1.807, 2.05) is 40.7 Å². The number of halogens is 1. The molecule has 1 aliphatic heterocycles. The maximum Gasteiger partial charge on any atom is 0.245 e. The van der Waals surface area contributed by atoms with E-state index in [1.54, 1.807) is 0 Å². The number of hydrogen-bond donors (Lipinski definition) is 0. The molecule has 0 fully saturated rings. The average Bonchev–Trinajstić information content (AvgIpc) is 2.88. The molecule has 2 heterocycles. The molecule has 1 atom stereocenters. The van der Waals surface area contributed by atoms with Gasteiger partial charge in [0.25, 0.3) is 0 Å². The molecule has 0 spiro atoms. The summed E-state index contributed by atoms with van der Waals surface area (Å²) in [4.78, 5) is 14.3. The molecule has 1 aromatic heterocycles. The lowest BCUT2D eigenvalue weighted by Crippen LogP contribution is -2.42. The van der Waals surface area contributed by atoms with E-state index in [-0.39, 0.29) is 11.9 Å². The van der Waals surface area contributed by atoms with E-state index < -0.39 is 0 Å². The SMILES string of the molecule is CCCN1Cc2nnc(-c3cccc(Cl)c3)n2[C@@H](C)C1=O. The van der Waals surface area contributed by atoms with E-state index in [2.05, 4.69) is 17.1 Å². The fraction of sp³-hybridized carbons (Fsp3) is 0.400. The highest BCUT2D eigenvalue weighted by Gasteiger charge is 2.32. The molecule has 0 saturated carbocycles. The summed E-state index contributed by atoms with van der Waals surface area (Å²) in [5.41, 5.74) is 0.879. The molecule has 6 heteroatoms. The number of rotatable bonds is 3. The van der Waals surface area contributed by atoms with Crippen LogP contribution in [0.15, 0.2) is 24.3 Å². The van der Waals surface area contributed by atoms with Gasteiger partial charge in [-0.25, -0.2) is 0 Å². The van der Waals surface area contributed by atoms with Crippen molar-refractivity contribution in [2.24, 2.45) is 0 Å². The van der Waals surface area contributed by atoms with Crippen LogP contribution in [0, 0.1) is 0 Å². The Balaban J connectivity index is 2.04. The minimum Gasteiger partial charge on any atom is -0.333 e.